The van der Waals surface area contributed by atoms with Crippen LogP contribution in [0.2, 0.25) is 0 Å². The van der Waals surface area contributed by atoms with Crippen molar-refractivity contribution in [1.29, 1.82) is 0 Å². The maximum atomic E-state index is 12.7. The number of halogens is 3. The number of alkyl halides is 3. The van der Waals surface area contributed by atoms with Crippen LogP contribution in [0, 0.1) is 0 Å². The Balaban J connectivity index is 1.81. The molecule has 1 aromatic rings. The van der Waals surface area contributed by atoms with E-state index in [9.17, 15) is 21.6 Å². The number of methoxy groups -OCH3 is 2. The zero-order valence-electron chi connectivity index (χ0n) is 14.9. The second kappa shape index (κ2) is 8.22. The van der Waals surface area contributed by atoms with E-state index < -0.39 is 52.6 Å². The highest BCUT2D eigenvalue weighted by atomic mass is 32.2. The molecule has 1 aromatic carbocycles. The van der Waals surface area contributed by atoms with Crippen LogP contribution in [0.4, 0.5) is 13.2 Å². The molecular weight excluding hydrogens is 409 g/mol. The molecule has 2 fully saturated rings. The van der Waals surface area contributed by atoms with Gasteiger partial charge in [0, 0.05) is 19.8 Å². The van der Waals surface area contributed by atoms with Crippen molar-refractivity contribution in [2.24, 2.45) is 0 Å². The van der Waals surface area contributed by atoms with Crippen molar-refractivity contribution < 1.29 is 49.5 Å². The first kappa shape index (κ1) is 21.4. The molecule has 0 saturated carbocycles. The molecule has 0 bridgehead atoms. The zero-order chi connectivity index (χ0) is 20.5. The second-order valence-electron chi connectivity index (χ2n) is 6.12. The van der Waals surface area contributed by atoms with Crippen LogP contribution in [0.3, 0.4) is 0 Å². The highest BCUT2D eigenvalue weighted by molar-refractivity contribution is 7.87. The summed E-state index contributed by atoms with van der Waals surface area (Å²) in [6.45, 7) is -0.0769. The van der Waals surface area contributed by atoms with Gasteiger partial charge in [0.05, 0.1) is 6.61 Å². The highest BCUT2D eigenvalue weighted by Crippen LogP contribution is 2.37. The van der Waals surface area contributed by atoms with Gasteiger partial charge in [-0.05, 0) is 0 Å². The molecule has 0 aromatic heterocycles. The SMILES string of the molecule is CO[C@@H]1[C@H](OC)[C@@H](OS(=O)(=O)C(F)(F)F)O[C@@H]2COC(c3ccccc3)O[C@@H]12. The minimum atomic E-state index is -5.91. The summed E-state index contributed by atoms with van der Waals surface area (Å²) in [6.07, 6.45) is -6.61. The van der Waals surface area contributed by atoms with E-state index >= 15 is 0 Å². The average Bonchev–Trinajstić information content (AvgIpc) is 2.66. The molecule has 6 atom stereocenters. The maximum absolute atomic E-state index is 12.7. The standard InChI is InChI=1S/C16H19F3O8S/c1-22-12-11-10(8-24-14(26-11)9-6-4-3-5-7-9)25-15(13(12)23-2)27-28(20,21)16(17,18)19/h3-7,10-15H,8H2,1-2H3/t10-,11-,12+,13+,14?,15-/m1/s1. The monoisotopic (exact) mass is 428 g/mol. The van der Waals surface area contributed by atoms with Crippen molar-refractivity contribution in [2.45, 2.75) is 42.5 Å². The van der Waals surface area contributed by atoms with Gasteiger partial charge >= 0.3 is 15.6 Å². The Morgan fingerprint density at radius 1 is 1.04 bits per heavy atom. The predicted molar refractivity (Wildman–Crippen MR) is 86.3 cm³/mol. The first-order valence-corrected chi connectivity index (χ1v) is 9.61. The summed E-state index contributed by atoms with van der Waals surface area (Å²) in [5.41, 5.74) is -4.88. The lowest BCUT2D eigenvalue weighted by atomic mass is 9.97. The van der Waals surface area contributed by atoms with E-state index in [1.54, 1.807) is 24.3 Å². The molecule has 3 rings (SSSR count). The van der Waals surface area contributed by atoms with Gasteiger partial charge in [-0.25, -0.2) is 4.18 Å². The lowest BCUT2D eigenvalue weighted by molar-refractivity contribution is -0.355. The van der Waals surface area contributed by atoms with Crippen LogP contribution in [0.5, 0.6) is 0 Å². The van der Waals surface area contributed by atoms with Gasteiger partial charge in [-0.15, -0.1) is 0 Å². The third kappa shape index (κ3) is 4.17. The first-order valence-electron chi connectivity index (χ1n) is 8.20. The Hall–Kier alpha value is -1.28. The summed E-state index contributed by atoms with van der Waals surface area (Å²) in [5, 5.41) is 0. The van der Waals surface area contributed by atoms with E-state index in [2.05, 4.69) is 4.18 Å². The van der Waals surface area contributed by atoms with Gasteiger partial charge < -0.3 is 23.7 Å². The van der Waals surface area contributed by atoms with E-state index in [4.69, 9.17) is 23.7 Å². The quantitative estimate of drug-likeness (QED) is 0.518. The number of hydrogen-bond acceptors (Lipinski definition) is 8. The van der Waals surface area contributed by atoms with Crippen molar-refractivity contribution in [3.05, 3.63) is 35.9 Å². The lowest BCUT2D eigenvalue weighted by Gasteiger charge is -2.47. The molecule has 12 heteroatoms. The average molecular weight is 428 g/mol. The van der Waals surface area contributed by atoms with Crippen LogP contribution in [-0.4, -0.2) is 65.5 Å². The van der Waals surface area contributed by atoms with E-state index in [0.717, 1.165) is 5.56 Å². The molecule has 2 aliphatic heterocycles. The minimum Gasteiger partial charge on any atom is -0.376 e. The van der Waals surface area contributed by atoms with Crippen molar-refractivity contribution in [1.82, 2.24) is 0 Å². The summed E-state index contributed by atoms with van der Waals surface area (Å²) in [5.74, 6) is 0. The Morgan fingerprint density at radius 2 is 1.68 bits per heavy atom. The molecule has 0 N–H and O–H groups in total. The highest BCUT2D eigenvalue weighted by Gasteiger charge is 2.56. The summed E-state index contributed by atoms with van der Waals surface area (Å²) in [6, 6.07) is 8.98. The van der Waals surface area contributed by atoms with Gasteiger partial charge in [0.2, 0.25) is 6.29 Å². The molecule has 1 unspecified atom stereocenters. The molecule has 0 amide bonds. The Kier molecular flexibility index (Phi) is 6.29. The Bertz CT molecular complexity index is 757. The van der Waals surface area contributed by atoms with Gasteiger partial charge in [0.1, 0.15) is 24.4 Å². The first-order chi connectivity index (χ1) is 13.2. The van der Waals surface area contributed by atoms with E-state index in [1.165, 1.54) is 14.2 Å². The summed E-state index contributed by atoms with van der Waals surface area (Å²) in [7, 11) is -3.44. The van der Waals surface area contributed by atoms with Crippen LogP contribution in [0.15, 0.2) is 30.3 Å². The second-order valence-corrected chi connectivity index (χ2v) is 7.68. The van der Waals surface area contributed by atoms with Gasteiger partial charge in [-0.3, -0.25) is 0 Å². The van der Waals surface area contributed by atoms with Crippen molar-refractivity contribution in [3.63, 3.8) is 0 Å². The van der Waals surface area contributed by atoms with Crippen molar-refractivity contribution >= 4 is 10.1 Å². The van der Waals surface area contributed by atoms with E-state index in [-0.39, 0.29) is 6.61 Å². The van der Waals surface area contributed by atoms with E-state index in [0.29, 0.717) is 0 Å². The predicted octanol–water partition coefficient (Wildman–Crippen LogP) is 1.72. The summed E-state index contributed by atoms with van der Waals surface area (Å²) >= 11 is 0. The van der Waals surface area contributed by atoms with Crippen LogP contribution in [0.1, 0.15) is 11.9 Å². The van der Waals surface area contributed by atoms with Gasteiger partial charge in [-0.1, -0.05) is 30.3 Å². The Morgan fingerprint density at radius 3 is 2.25 bits per heavy atom. The van der Waals surface area contributed by atoms with Gasteiger partial charge in [0.25, 0.3) is 0 Å². The fourth-order valence-electron chi connectivity index (χ4n) is 3.10. The number of benzene rings is 1. The molecule has 0 aliphatic carbocycles. The molecule has 0 radical (unpaired) electrons. The number of ether oxygens (including phenoxy) is 5. The van der Waals surface area contributed by atoms with Crippen LogP contribution >= 0.6 is 0 Å². The van der Waals surface area contributed by atoms with E-state index in [1.807, 2.05) is 6.07 Å². The smallest absolute Gasteiger partial charge is 0.376 e. The third-order valence-corrected chi connectivity index (χ3v) is 5.41. The summed E-state index contributed by atoms with van der Waals surface area (Å²) in [4.78, 5) is 0. The molecule has 28 heavy (non-hydrogen) atoms. The van der Waals surface area contributed by atoms with Gasteiger partial charge in [-0.2, -0.15) is 21.6 Å². The number of fused-ring (bicyclic) bond motifs is 1. The third-order valence-electron chi connectivity index (χ3n) is 4.40. The van der Waals surface area contributed by atoms with Crippen LogP contribution in [0.25, 0.3) is 0 Å². The molecule has 2 heterocycles. The summed E-state index contributed by atoms with van der Waals surface area (Å²) < 4.78 is 92.4. The topological polar surface area (TPSA) is 89.5 Å². The van der Waals surface area contributed by atoms with Crippen molar-refractivity contribution in [2.75, 3.05) is 20.8 Å². The zero-order valence-corrected chi connectivity index (χ0v) is 15.7. The lowest BCUT2D eigenvalue weighted by Crippen LogP contribution is -2.63. The molecule has 2 aliphatic rings. The van der Waals surface area contributed by atoms with Gasteiger partial charge in [0.15, 0.2) is 6.29 Å². The largest absolute Gasteiger partial charge is 0.523 e. The molecule has 158 valence electrons. The normalized spacial score (nSPS) is 34.0. The van der Waals surface area contributed by atoms with Crippen LogP contribution < -0.4 is 0 Å². The fraction of sp³-hybridized carbons (Fsp3) is 0.625. The molecular formula is C16H19F3O8S. The number of rotatable bonds is 5. The van der Waals surface area contributed by atoms with Crippen molar-refractivity contribution in [3.8, 4) is 0 Å². The Labute approximate surface area is 159 Å². The maximum Gasteiger partial charge on any atom is 0.523 e. The molecule has 2 saturated heterocycles. The number of hydrogen-bond donors (Lipinski definition) is 0. The molecule has 0 spiro atoms. The van der Waals surface area contributed by atoms with Crippen LogP contribution in [-0.2, 0) is 38.0 Å². The minimum absolute atomic E-state index is 0.0769. The fourth-order valence-corrected chi connectivity index (χ4v) is 3.61. The molecule has 8 nitrogen and oxygen atoms in total.